The minimum atomic E-state index is -4.63. The summed E-state index contributed by atoms with van der Waals surface area (Å²) in [6.45, 7) is -0.744. The number of benzene rings is 1. The summed E-state index contributed by atoms with van der Waals surface area (Å²) in [4.78, 5) is 11.6. The molecule has 2 rings (SSSR count). The second-order valence-electron chi connectivity index (χ2n) is 4.24. The van der Waals surface area contributed by atoms with Gasteiger partial charge in [-0.25, -0.2) is 0 Å². The van der Waals surface area contributed by atoms with Gasteiger partial charge in [0.25, 0.3) is 0 Å². The van der Waals surface area contributed by atoms with Gasteiger partial charge in [0.2, 0.25) is 0 Å². The number of ketones is 1. The fourth-order valence-corrected chi connectivity index (χ4v) is 2.03. The highest BCUT2D eigenvalue weighted by Crippen LogP contribution is 2.25. The monoisotopic (exact) mass is 274 g/mol. The van der Waals surface area contributed by atoms with E-state index >= 15 is 0 Å². The van der Waals surface area contributed by atoms with Crippen molar-refractivity contribution in [1.29, 1.82) is 0 Å². The Morgan fingerprint density at radius 3 is 2.68 bits per heavy atom. The van der Waals surface area contributed by atoms with Crippen LogP contribution in [0.15, 0.2) is 18.2 Å². The molecule has 3 nitrogen and oxygen atoms in total. The van der Waals surface area contributed by atoms with Crippen molar-refractivity contribution in [1.82, 2.24) is 0 Å². The minimum Gasteiger partial charge on any atom is -0.491 e. The molecule has 0 atom stereocenters. The lowest BCUT2D eigenvalue weighted by Gasteiger charge is -2.16. The summed E-state index contributed by atoms with van der Waals surface area (Å²) in [6.07, 6.45) is -2.50. The summed E-state index contributed by atoms with van der Waals surface area (Å²) in [5.74, 6) is 0.562. The molecule has 0 unspecified atom stereocenters. The van der Waals surface area contributed by atoms with E-state index in [1.54, 1.807) is 18.2 Å². The third-order valence-electron chi connectivity index (χ3n) is 2.84. The number of fused-ring (bicyclic) bond motifs is 1. The SMILES string of the molecule is O=C1CCCc2cc(OCCOC(F)(F)F)ccc21. The summed E-state index contributed by atoms with van der Waals surface area (Å²) < 4.78 is 44.0. The Labute approximate surface area is 108 Å². The van der Waals surface area contributed by atoms with Crippen molar-refractivity contribution in [3.63, 3.8) is 0 Å². The van der Waals surface area contributed by atoms with E-state index in [0.717, 1.165) is 18.4 Å². The Morgan fingerprint density at radius 2 is 1.95 bits per heavy atom. The van der Waals surface area contributed by atoms with Crippen LogP contribution in [0.5, 0.6) is 5.75 Å². The maximum absolute atomic E-state index is 11.7. The molecular weight excluding hydrogens is 261 g/mol. The van der Waals surface area contributed by atoms with Crippen molar-refractivity contribution in [3.05, 3.63) is 29.3 Å². The number of aryl methyl sites for hydroxylation is 1. The topological polar surface area (TPSA) is 35.5 Å². The second kappa shape index (κ2) is 5.61. The predicted molar refractivity (Wildman–Crippen MR) is 61.2 cm³/mol. The van der Waals surface area contributed by atoms with Gasteiger partial charge in [0.05, 0.1) is 6.61 Å². The molecule has 0 N–H and O–H groups in total. The van der Waals surface area contributed by atoms with Gasteiger partial charge in [-0.3, -0.25) is 9.53 Å². The Hall–Kier alpha value is -1.56. The van der Waals surface area contributed by atoms with Gasteiger partial charge in [0.1, 0.15) is 12.4 Å². The van der Waals surface area contributed by atoms with Gasteiger partial charge in [-0.05, 0) is 36.6 Å². The lowest BCUT2D eigenvalue weighted by atomic mass is 9.91. The van der Waals surface area contributed by atoms with Crippen LogP contribution >= 0.6 is 0 Å². The molecule has 1 aromatic carbocycles. The predicted octanol–water partition coefficient (Wildman–Crippen LogP) is 3.12. The molecule has 104 valence electrons. The highest BCUT2D eigenvalue weighted by Gasteiger charge is 2.28. The first-order valence-electron chi connectivity index (χ1n) is 5.95. The van der Waals surface area contributed by atoms with Gasteiger partial charge in [-0.2, -0.15) is 0 Å². The van der Waals surface area contributed by atoms with Crippen molar-refractivity contribution >= 4 is 5.78 Å². The molecular formula is C13H13F3O3. The van der Waals surface area contributed by atoms with Gasteiger partial charge in [0, 0.05) is 12.0 Å². The van der Waals surface area contributed by atoms with Crippen molar-refractivity contribution in [3.8, 4) is 5.75 Å². The molecule has 0 bridgehead atoms. The zero-order valence-corrected chi connectivity index (χ0v) is 10.1. The van der Waals surface area contributed by atoms with E-state index in [9.17, 15) is 18.0 Å². The van der Waals surface area contributed by atoms with Crippen LogP contribution in [0.4, 0.5) is 13.2 Å². The van der Waals surface area contributed by atoms with Crippen LogP contribution in [0, 0.1) is 0 Å². The van der Waals surface area contributed by atoms with Gasteiger partial charge >= 0.3 is 6.36 Å². The fraction of sp³-hybridized carbons (Fsp3) is 0.462. The van der Waals surface area contributed by atoms with Gasteiger partial charge < -0.3 is 4.74 Å². The number of carbonyl (C=O) groups excluding carboxylic acids is 1. The lowest BCUT2D eigenvalue weighted by molar-refractivity contribution is -0.325. The standard InChI is InChI=1S/C13H13F3O3/c14-13(15,16)19-7-6-18-10-4-5-11-9(8-10)2-1-3-12(11)17/h4-5,8H,1-3,6-7H2. The number of rotatable bonds is 4. The second-order valence-corrected chi connectivity index (χ2v) is 4.24. The molecule has 6 heteroatoms. The smallest absolute Gasteiger partial charge is 0.491 e. The molecule has 0 aromatic heterocycles. The minimum absolute atomic E-state index is 0.105. The Kier molecular flexibility index (Phi) is 4.09. The van der Waals surface area contributed by atoms with Crippen LogP contribution < -0.4 is 4.74 Å². The first-order valence-corrected chi connectivity index (χ1v) is 5.95. The molecule has 0 spiro atoms. The largest absolute Gasteiger partial charge is 0.522 e. The normalized spacial score (nSPS) is 15.2. The summed E-state index contributed by atoms with van der Waals surface area (Å²) in [6, 6.07) is 4.96. The van der Waals surface area contributed by atoms with E-state index in [-0.39, 0.29) is 12.4 Å². The summed E-state index contributed by atoms with van der Waals surface area (Å²) in [5.41, 5.74) is 1.58. The van der Waals surface area contributed by atoms with Gasteiger partial charge in [-0.15, -0.1) is 13.2 Å². The lowest BCUT2D eigenvalue weighted by Crippen LogP contribution is -2.18. The van der Waals surface area contributed by atoms with E-state index in [4.69, 9.17) is 4.74 Å². The van der Waals surface area contributed by atoms with E-state index in [0.29, 0.717) is 17.7 Å². The molecule has 0 amide bonds. The number of ether oxygens (including phenoxy) is 2. The number of Topliss-reactive ketones (excluding diaryl/α,β-unsaturated/α-hetero) is 1. The zero-order valence-electron chi connectivity index (χ0n) is 10.1. The highest BCUT2D eigenvalue weighted by atomic mass is 19.4. The molecule has 1 aromatic rings. The molecule has 1 aliphatic carbocycles. The zero-order chi connectivity index (χ0) is 13.9. The van der Waals surface area contributed by atoms with E-state index in [1.807, 2.05) is 0 Å². The van der Waals surface area contributed by atoms with Crippen LogP contribution in [-0.2, 0) is 11.2 Å². The maximum atomic E-state index is 11.7. The maximum Gasteiger partial charge on any atom is 0.522 e. The first-order chi connectivity index (χ1) is 8.96. The number of alkyl halides is 3. The number of hydrogen-bond donors (Lipinski definition) is 0. The molecule has 0 saturated carbocycles. The van der Waals surface area contributed by atoms with Gasteiger partial charge in [-0.1, -0.05) is 0 Å². The van der Waals surface area contributed by atoms with Crippen LogP contribution in [0.3, 0.4) is 0 Å². The molecule has 0 radical (unpaired) electrons. The molecule has 1 aliphatic rings. The van der Waals surface area contributed by atoms with E-state index in [1.165, 1.54) is 0 Å². The molecule has 19 heavy (non-hydrogen) atoms. The molecule has 0 fully saturated rings. The number of halogens is 3. The van der Waals surface area contributed by atoms with Crippen LogP contribution in [0.25, 0.3) is 0 Å². The Morgan fingerprint density at radius 1 is 1.16 bits per heavy atom. The Balaban J connectivity index is 1.90. The first kappa shape index (κ1) is 13.9. The average molecular weight is 274 g/mol. The fourth-order valence-electron chi connectivity index (χ4n) is 2.03. The number of carbonyl (C=O) groups is 1. The third-order valence-corrected chi connectivity index (χ3v) is 2.84. The summed E-state index contributed by atoms with van der Waals surface area (Å²) in [7, 11) is 0. The average Bonchev–Trinajstić information content (AvgIpc) is 2.34. The van der Waals surface area contributed by atoms with Crippen molar-refractivity contribution in [2.75, 3.05) is 13.2 Å². The van der Waals surface area contributed by atoms with Crippen LogP contribution in [0.1, 0.15) is 28.8 Å². The quantitative estimate of drug-likeness (QED) is 0.791. The van der Waals surface area contributed by atoms with E-state index < -0.39 is 13.0 Å². The molecule has 0 aliphatic heterocycles. The van der Waals surface area contributed by atoms with Crippen LogP contribution in [0.2, 0.25) is 0 Å². The summed E-state index contributed by atoms with van der Waals surface area (Å²) in [5, 5.41) is 0. The van der Waals surface area contributed by atoms with Crippen LogP contribution in [-0.4, -0.2) is 25.4 Å². The van der Waals surface area contributed by atoms with E-state index in [2.05, 4.69) is 4.74 Å². The highest BCUT2D eigenvalue weighted by molar-refractivity contribution is 5.98. The van der Waals surface area contributed by atoms with Crippen molar-refractivity contribution in [2.45, 2.75) is 25.6 Å². The van der Waals surface area contributed by atoms with Crippen molar-refractivity contribution < 1.29 is 27.4 Å². The third kappa shape index (κ3) is 3.96. The molecule has 0 saturated heterocycles. The molecule has 0 heterocycles. The van der Waals surface area contributed by atoms with Crippen molar-refractivity contribution in [2.24, 2.45) is 0 Å². The number of hydrogen-bond acceptors (Lipinski definition) is 3. The summed E-state index contributed by atoms with van der Waals surface area (Å²) >= 11 is 0. The van der Waals surface area contributed by atoms with Gasteiger partial charge in [0.15, 0.2) is 5.78 Å². The Bertz CT molecular complexity index is 469.